The van der Waals surface area contributed by atoms with Gasteiger partial charge in [0, 0.05) is 31.6 Å². The third-order valence-corrected chi connectivity index (χ3v) is 6.99. The van der Waals surface area contributed by atoms with Crippen molar-refractivity contribution in [2.24, 2.45) is 5.73 Å². The van der Waals surface area contributed by atoms with Crippen LogP contribution in [-0.4, -0.2) is 73.9 Å². The molecule has 1 unspecified atom stereocenters. The molecule has 10 heteroatoms. The zero-order valence-corrected chi connectivity index (χ0v) is 16.1. The monoisotopic (exact) mass is 406 g/mol. The summed E-state index contributed by atoms with van der Waals surface area (Å²) in [5.41, 5.74) is 7.00. The summed E-state index contributed by atoms with van der Waals surface area (Å²) in [7, 11) is -3.61. The van der Waals surface area contributed by atoms with E-state index < -0.39 is 22.2 Å². The number of morpholine rings is 2. The van der Waals surface area contributed by atoms with Gasteiger partial charge in [-0.05, 0) is 12.1 Å². The highest BCUT2D eigenvalue weighted by molar-refractivity contribution is 7.86. The minimum absolute atomic E-state index is 0.128. The van der Waals surface area contributed by atoms with Crippen LogP contribution < -0.4 is 5.73 Å². The number of carbonyl (C=O) groups excluding carboxylic acids is 1. The number of nitrogens with two attached hydrogens (primary N) is 1. The van der Waals surface area contributed by atoms with Gasteiger partial charge in [-0.3, -0.25) is 4.79 Å². The highest BCUT2D eigenvalue weighted by Gasteiger charge is 2.36. The quantitative estimate of drug-likeness (QED) is 0.780. The van der Waals surface area contributed by atoms with Crippen LogP contribution in [0.5, 0.6) is 0 Å². The molecule has 28 heavy (non-hydrogen) atoms. The normalized spacial score (nSPS) is 22.4. The molecule has 2 aliphatic heterocycles. The molecule has 0 saturated carbocycles. The Morgan fingerprint density at radius 2 is 1.82 bits per heavy atom. The van der Waals surface area contributed by atoms with Gasteiger partial charge >= 0.3 is 0 Å². The van der Waals surface area contributed by atoms with Crippen LogP contribution in [0, 0.1) is 0 Å². The Labute approximate surface area is 163 Å². The lowest BCUT2D eigenvalue weighted by molar-refractivity contribution is -0.00830. The minimum Gasteiger partial charge on any atom is -0.379 e. The Hall–Kier alpha value is -2.11. The van der Waals surface area contributed by atoms with Gasteiger partial charge < -0.3 is 15.2 Å². The van der Waals surface area contributed by atoms with E-state index in [0.717, 1.165) is 0 Å². The van der Waals surface area contributed by atoms with Crippen LogP contribution in [0.15, 0.2) is 30.3 Å². The average Bonchev–Trinajstić information content (AvgIpc) is 2.73. The molecular formula is C18H22N4O5S. The first-order valence-electron chi connectivity index (χ1n) is 9.11. The number of benzene rings is 1. The summed E-state index contributed by atoms with van der Waals surface area (Å²) < 4.78 is 39.8. The Balaban J connectivity index is 1.64. The molecule has 0 bridgehead atoms. The molecule has 9 nitrogen and oxygen atoms in total. The fourth-order valence-corrected chi connectivity index (χ4v) is 5.09. The van der Waals surface area contributed by atoms with E-state index in [-0.39, 0.29) is 19.7 Å². The van der Waals surface area contributed by atoms with E-state index in [4.69, 9.17) is 15.2 Å². The maximum absolute atomic E-state index is 13.0. The van der Waals surface area contributed by atoms with Gasteiger partial charge in [0.25, 0.3) is 10.2 Å². The molecule has 0 aliphatic carbocycles. The van der Waals surface area contributed by atoms with Crippen molar-refractivity contribution < 1.29 is 22.7 Å². The number of pyridine rings is 1. The molecule has 0 radical (unpaired) electrons. The van der Waals surface area contributed by atoms with Gasteiger partial charge in [-0.2, -0.15) is 17.0 Å². The first-order valence-corrected chi connectivity index (χ1v) is 10.5. The van der Waals surface area contributed by atoms with Crippen LogP contribution in [-0.2, 0) is 19.7 Å². The lowest BCUT2D eigenvalue weighted by Gasteiger charge is -2.36. The van der Waals surface area contributed by atoms with E-state index in [1.54, 1.807) is 18.2 Å². The molecule has 150 valence electrons. The van der Waals surface area contributed by atoms with E-state index in [9.17, 15) is 13.2 Å². The highest BCUT2D eigenvalue weighted by Crippen LogP contribution is 2.27. The maximum Gasteiger partial charge on any atom is 0.282 e. The number of carbonyl (C=O) groups is 1. The van der Waals surface area contributed by atoms with Crippen molar-refractivity contribution in [3.8, 4) is 0 Å². The van der Waals surface area contributed by atoms with Gasteiger partial charge in [0.2, 0.25) is 5.91 Å². The van der Waals surface area contributed by atoms with Crippen LogP contribution in [0.2, 0.25) is 0 Å². The van der Waals surface area contributed by atoms with Crippen LogP contribution in [0.1, 0.15) is 22.2 Å². The predicted molar refractivity (Wildman–Crippen MR) is 102 cm³/mol. The summed E-state index contributed by atoms with van der Waals surface area (Å²) in [6.45, 7) is 2.10. The summed E-state index contributed by atoms with van der Waals surface area (Å²) in [6.07, 6.45) is -0.577. The Kier molecular flexibility index (Phi) is 5.30. The fourth-order valence-electron chi connectivity index (χ4n) is 3.52. The van der Waals surface area contributed by atoms with Gasteiger partial charge in [-0.1, -0.05) is 18.2 Å². The predicted octanol–water partition coefficient (Wildman–Crippen LogP) is 0.284. The van der Waals surface area contributed by atoms with Crippen LogP contribution >= 0.6 is 0 Å². The molecule has 2 fully saturated rings. The average molecular weight is 406 g/mol. The highest BCUT2D eigenvalue weighted by atomic mass is 32.2. The number of primary amides is 1. The number of fused-ring (bicyclic) bond motifs is 1. The second-order valence-electron chi connectivity index (χ2n) is 6.71. The molecular weight excluding hydrogens is 384 g/mol. The molecule has 2 aliphatic rings. The van der Waals surface area contributed by atoms with Crippen molar-refractivity contribution in [3.63, 3.8) is 0 Å². The Morgan fingerprint density at radius 3 is 2.57 bits per heavy atom. The fraction of sp³-hybridized carbons (Fsp3) is 0.444. The van der Waals surface area contributed by atoms with Gasteiger partial charge in [0.05, 0.1) is 36.6 Å². The zero-order valence-electron chi connectivity index (χ0n) is 15.3. The molecule has 1 aromatic heterocycles. The van der Waals surface area contributed by atoms with Gasteiger partial charge in [-0.25, -0.2) is 4.98 Å². The number of hydrogen-bond donors (Lipinski definition) is 1. The number of hydrogen-bond acceptors (Lipinski definition) is 6. The lowest BCUT2D eigenvalue weighted by Crippen LogP contribution is -2.52. The molecule has 2 saturated heterocycles. The van der Waals surface area contributed by atoms with Crippen LogP contribution in [0.3, 0.4) is 0 Å². The molecule has 4 rings (SSSR count). The zero-order chi connectivity index (χ0) is 19.7. The Bertz CT molecular complexity index is 991. The second-order valence-corrected chi connectivity index (χ2v) is 8.64. The number of para-hydroxylation sites is 1. The van der Waals surface area contributed by atoms with Crippen LogP contribution in [0.4, 0.5) is 0 Å². The first-order chi connectivity index (χ1) is 13.5. The smallest absolute Gasteiger partial charge is 0.282 e. The standard InChI is InChI=1S/C18H22N4O5S/c19-18(23)14-11-16(20-15-4-2-1-3-13(14)15)17-12-22(7-10-27-17)28(24,25)21-5-8-26-9-6-21/h1-4,11,17H,5-10,12H2,(H2,19,23). The summed E-state index contributed by atoms with van der Waals surface area (Å²) in [5.74, 6) is -0.562. The minimum atomic E-state index is -3.61. The third-order valence-electron chi connectivity index (χ3n) is 4.98. The van der Waals surface area contributed by atoms with Crippen molar-refractivity contribution in [1.82, 2.24) is 13.6 Å². The van der Waals surface area contributed by atoms with E-state index >= 15 is 0 Å². The SMILES string of the molecule is NC(=O)c1cc(C2CN(S(=O)(=O)N3CCOCC3)CCO2)nc2ccccc12. The summed E-state index contributed by atoms with van der Waals surface area (Å²) >= 11 is 0. The second kappa shape index (κ2) is 7.72. The number of nitrogens with zero attached hydrogens (tertiary/aromatic N) is 3. The number of amides is 1. The largest absolute Gasteiger partial charge is 0.379 e. The molecule has 2 N–H and O–H groups in total. The van der Waals surface area contributed by atoms with Crippen molar-refractivity contribution >= 4 is 27.0 Å². The summed E-state index contributed by atoms with van der Waals surface area (Å²) in [5, 5.41) is 0.660. The van der Waals surface area contributed by atoms with Gasteiger partial charge in [0.1, 0.15) is 6.10 Å². The van der Waals surface area contributed by atoms with Gasteiger partial charge in [0.15, 0.2) is 0 Å². The topological polar surface area (TPSA) is 115 Å². The van der Waals surface area contributed by atoms with E-state index in [1.165, 1.54) is 8.61 Å². The molecule has 2 aromatic rings. The van der Waals surface area contributed by atoms with Crippen molar-refractivity contribution in [2.45, 2.75) is 6.10 Å². The molecule has 1 atom stereocenters. The molecule has 3 heterocycles. The molecule has 1 aromatic carbocycles. The third kappa shape index (κ3) is 3.61. The van der Waals surface area contributed by atoms with Crippen molar-refractivity contribution in [2.75, 3.05) is 46.0 Å². The van der Waals surface area contributed by atoms with Crippen molar-refractivity contribution in [1.29, 1.82) is 0 Å². The number of rotatable bonds is 4. The summed E-state index contributed by atoms with van der Waals surface area (Å²) in [6, 6.07) is 8.80. The van der Waals surface area contributed by atoms with Crippen LogP contribution in [0.25, 0.3) is 10.9 Å². The number of aromatic nitrogens is 1. The molecule has 0 spiro atoms. The van der Waals surface area contributed by atoms with Gasteiger partial charge in [-0.15, -0.1) is 0 Å². The number of ether oxygens (including phenoxy) is 2. The maximum atomic E-state index is 13.0. The lowest BCUT2D eigenvalue weighted by atomic mass is 10.0. The van der Waals surface area contributed by atoms with E-state index in [1.807, 2.05) is 12.1 Å². The molecule has 1 amide bonds. The van der Waals surface area contributed by atoms with E-state index in [0.29, 0.717) is 48.5 Å². The van der Waals surface area contributed by atoms with Crippen molar-refractivity contribution in [3.05, 3.63) is 41.6 Å². The first kappa shape index (κ1) is 19.2. The Morgan fingerprint density at radius 1 is 1.11 bits per heavy atom. The van der Waals surface area contributed by atoms with E-state index in [2.05, 4.69) is 4.98 Å². The summed E-state index contributed by atoms with van der Waals surface area (Å²) in [4.78, 5) is 16.5.